The molecule has 1 saturated heterocycles. The molecule has 1 N–H and O–H groups in total. The highest BCUT2D eigenvalue weighted by Gasteiger charge is 2.29. The Labute approximate surface area is 137 Å². The summed E-state index contributed by atoms with van der Waals surface area (Å²) in [6.45, 7) is 2.73. The van der Waals surface area contributed by atoms with Gasteiger partial charge in [-0.25, -0.2) is 4.98 Å². The Hall–Kier alpha value is -2.29. The Morgan fingerprint density at radius 3 is 2.96 bits per heavy atom. The largest absolute Gasteiger partial charge is 0.337 e. The van der Waals surface area contributed by atoms with Crippen molar-refractivity contribution in [1.82, 2.24) is 24.6 Å². The third-order valence-corrected chi connectivity index (χ3v) is 4.58. The lowest BCUT2D eigenvalue weighted by atomic mass is 9.97. The molecule has 122 valence electrons. The van der Waals surface area contributed by atoms with Crippen LogP contribution in [0.15, 0.2) is 11.7 Å². The standard InChI is InChI=1S/C14H18N6O2S/c1-9(21)16-14-17-11(7-23-14)13(22)20-5-3-4-10(6-20)12-18-15-8-19(12)2/h7-8,10H,3-6H2,1-2H3,(H,16,17,21)/t10-/m0/s1. The van der Waals surface area contributed by atoms with E-state index in [1.807, 2.05) is 11.6 Å². The van der Waals surface area contributed by atoms with E-state index in [0.29, 0.717) is 23.9 Å². The molecule has 3 heterocycles. The molecule has 0 saturated carbocycles. The van der Waals surface area contributed by atoms with Gasteiger partial charge in [0.2, 0.25) is 5.91 Å². The number of hydrogen-bond donors (Lipinski definition) is 1. The first kappa shape index (κ1) is 15.6. The van der Waals surface area contributed by atoms with Crippen LogP contribution in [-0.2, 0) is 11.8 Å². The van der Waals surface area contributed by atoms with Gasteiger partial charge in [-0.2, -0.15) is 0 Å². The third-order valence-electron chi connectivity index (χ3n) is 3.83. The summed E-state index contributed by atoms with van der Waals surface area (Å²) in [4.78, 5) is 29.7. The quantitative estimate of drug-likeness (QED) is 0.912. The van der Waals surface area contributed by atoms with Crippen LogP contribution in [0.5, 0.6) is 0 Å². The SMILES string of the molecule is CC(=O)Nc1nc(C(=O)N2CCC[C@H](c3nncn3C)C2)cs1. The highest BCUT2D eigenvalue weighted by atomic mass is 32.1. The van der Waals surface area contributed by atoms with Crippen molar-refractivity contribution < 1.29 is 9.59 Å². The molecular weight excluding hydrogens is 316 g/mol. The maximum atomic E-state index is 12.6. The van der Waals surface area contributed by atoms with Crippen molar-refractivity contribution in [2.45, 2.75) is 25.7 Å². The average Bonchev–Trinajstić information content (AvgIpc) is 3.15. The minimum Gasteiger partial charge on any atom is -0.337 e. The summed E-state index contributed by atoms with van der Waals surface area (Å²) in [5.41, 5.74) is 0.373. The van der Waals surface area contributed by atoms with Crippen LogP contribution >= 0.6 is 11.3 Å². The van der Waals surface area contributed by atoms with Gasteiger partial charge < -0.3 is 14.8 Å². The number of thiazole rings is 1. The molecule has 0 spiro atoms. The molecule has 0 aromatic carbocycles. The Balaban J connectivity index is 1.71. The van der Waals surface area contributed by atoms with Crippen molar-refractivity contribution in [3.63, 3.8) is 0 Å². The minimum atomic E-state index is -0.196. The molecule has 1 fully saturated rings. The van der Waals surface area contributed by atoms with Crippen LogP contribution < -0.4 is 5.32 Å². The zero-order chi connectivity index (χ0) is 16.4. The smallest absolute Gasteiger partial charge is 0.273 e. The maximum Gasteiger partial charge on any atom is 0.273 e. The van der Waals surface area contributed by atoms with Crippen LogP contribution in [0, 0.1) is 0 Å². The van der Waals surface area contributed by atoms with E-state index in [-0.39, 0.29) is 17.7 Å². The number of amides is 2. The van der Waals surface area contributed by atoms with Crippen LogP contribution in [-0.4, -0.2) is 49.6 Å². The monoisotopic (exact) mass is 334 g/mol. The van der Waals surface area contributed by atoms with Gasteiger partial charge in [-0.15, -0.1) is 21.5 Å². The number of rotatable bonds is 3. The summed E-state index contributed by atoms with van der Waals surface area (Å²) in [5, 5.41) is 12.8. The fourth-order valence-electron chi connectivity index (χ4n) is 2.78. The van der Waals surface area contributed by atoms with Crippen molar-refractivity contribution >= 4 is 28.3 Å². The molecule has 2 aromatic rings. The molecule has 23 heavy (non-hydrogen) atoms. The molecule has 2 aromatic heterocycles. The first-order valence-corrected chi connectivity index (χ1v) is 8.29. The van der Waals surface area contributed by atoms with Crippen LogP contribution in [0.25, 0.3) is 0 Å². The van der Waals surface area contributed by atoms with Gasteiger partial charge in [0, 0.05) is 38.4 Å². The van der Waals surface area contributed by atoms with Gasteiger partial charge in [-0.05, 0) is 12.8 Å². The number of likely N-dealkylation sites (tertiary alicyclic amines) is 1. The average molecular weight is 334 g/mol. The Morgan fingerprint density at radius 1 is 1.43 bits per heavy atom. The van der Waals surface area contributed by atoms with E-state index in [4.69, 9.17) is 0 Å². The van der Waals surface area contributed by atoms with Crippen LogP contribution in [0.4, 0.5) is 5.13 Å². The fraction of sp³-hybridized carbons (Fsp3) is 0.500. The summed E-state index contributed by atoms with van der Waals surface area (Å²) in [5.74, 6) is 0.789. The Morgan fingerprint density at radius 2 is 2.26 bits per heavy atom. The molecule has 8 nitrogen and oxygen atoms in total. The molecule has 0 bridgehead atoms. The van der Waals surface area contributed by atoms with E-state index >= 15 is 0 Å². The zero-order valence-corrected chi connectivity index (χ0v) is 13.8. The number of anilines is 1. The van der Waals surface area contributed by atoms with Crippen molar-refractivity contribution in [3.05, 3.63) is 23.2 Å². The highest BCUT2D eigenvalue weighted by molar-refractivity contribution is 7.14. The molecule has 1 aliphatic heterocycles. The van der Waals surface area contributed by atoms with Gasteiger partial charge in [0.25, 0.3) is 5.91 Å². The maximum absolute atomic E-state index is 12.6. The van der Waals surface area contributed by atoms with Gasteiger partial charge >= 0.3 is 0 Å². The molecular formula is C14H18N6O2S. The number of piperidine rings is 1. The van der Waals surface area contributed by atoms with Gasteiger partial charge in [0.1, 0.15) is 17.8 Å². The zero-order valence-electron chi connectivity index (χ0n) is 13.0. The van der Waals surface area contributed by atoms with Crippen LogP contribution in [0.3, 0.4) is 0 Å². The summed E-state index contributed by atoms with van der Waals surface area (Å²) < 4.78 is 1.90. The van der Waals surface area contributed by atoms with Gasteiger partial charge in [-0.1, -0.05) is 0 Å². The molecule has 1 atom stereocenters. The highest BCUT2D eigenvalue weighted by Crippen LogP contribution is 2.26. The third kappa shape index (κ3) is 3.39. The number of carbonyl (C=O) groups excluding carboxylic acids is 2. The lowest BCUT2D eigenvalue weighted by Gasteiger charge is -2.31. The number of carbonyl (C=O) groups is 2. The summed E-state index contributed by atoms with van der Waals surface area (Å²) in [6, 6.07) is 0. The van der Waals surface area contributed by atoms with Crippen LogP contribution in [0.1, 0.15) is 42.0 Å². The van der Waals surface area contributed by atoms with E-state index in [2.05, 4.69) is 20.5 Å². The van der Waals surface area contributed by atoms with E-state index in [0.717, 1.165) is 18.7 Å². The lowest BCUT2D eigenvalue weighted by Crippen LogP contribution is -2.39. The molecule has 3 rings (SSSR count). The van der Waals surface area contributed by atoms with Gasteiger partial charge in [0.05, 0.1) is 0 Å². The number of nitrogens with one attached hydrogen (secondary N) is 1. The number of aryl methyl sites for hydroxylation is 1. The number of hydrogen-bond acceptors (Lipinski definition) is 6. The second-order valence-electron chi connectivity index (χ2n) is 5.61. The second kappa shape index (κ2) is 6.45. The van der Waals surface area contributed by atoms with E-state index in [1.165, 1.54) is 18.3 Å². The second-order valence-corrected chi connectivity index (χ2v) is 6.47. The van der Waals surface area contributed by atoms with E-state index in [1.54, 1.807) is 16.6 Å². The summed E-state index contributed by atoms with van der Waals surface area (Å²) >= 11 is 1.25. The number of aromatic nitrogens is 4. The molecule has 2 amide bonds. The first-order chi connectivity index (χ1) is 11.0. The predicted molar refractivity (Wildman–Crippen MR) is 85.3 cm³/mol. The lowest BCUT2D eigenvalue weighted by molar-refractivity contribution is -0.114. The summed E-state index contributed by atoms with van der Waals surface area (Å²) in [7, 11) is 1.91. The van der Waals surface area contributed by atoms with E-state index in [9.17, 15) is 9.59 Å². The molecule has 9 heteroatoms. The van der Waals surface area contributed by atoms with Crippen molar-refractivity contribution in [2.24, 2.45) is 7.05 Å². The van der Waals surface area contributed by atoms with Crippen molar-refractivity contribution in [2.75, 3.05) is 18.4 Å². The Bertz CT molecular complexity index is 724. The molecule has 0 unspecified atom stereocenters. The Kier molecular flexibility index (Phi) is 4.37. The normalized spacial score (nSPS) is 18.0. The topological polar surface area (TPSA) is 93.0 Å². The molecule has 0 aliphatic carbocycles. The molecule has 0 radical (unpaired) electrons. The van der Waals surface area contributed by atoms with E-state index < -0.39 is 0 Å². The molecule has 1 aliphatic rings. The number of nitrogens with zero attached hydrogens (tertiary/aromatic N) is 5. The first-order valence-electron chi connectivity index (χ1n) is 7.41. The van der Waals surface area contributed by atoms with Gasteiger partial charge in [0.15, 0.2) is 5.13 Å². The predicted octanol–water partition coefficient (Wildman–Crippen LogP) is 1.25. The van der Waals surface area contributed by atoms with Gasteiger partial charge in [-0.3, -0.25) is 9.59 Å². The van der Waals surface area contributed by atoms with Crippen molar-refractivity contribution in [3.8, 4) is 0 Å². The minimum absolute atomic E-state index is 0.107. The summed E-state index contributed by atoms with van der Waals surface area (Å²) in [6.07, 6.45) is 3.59. The van der Waals surface area contributed by atoms with Crippen molar-refractivity contribution in [1.29, 1.82) is 0 Å². The fourth-order valence-corrected chi connectivity index (χ4v) is 3.51. The van der Waals surface area contributed by atoms with Crippen LogP contribution in [0.2, 0.25) is 0 Å².